The number of nitrogens with zero attached hydrogens (tertiary/aromatic N) is 2. The number of likely N-dealkylation sites (tertiary alicyclic amines) is 1. The van der Waals surface area contributed by atoms with Crippen molar-refractivity contribution in [3.63, 3.8) is 0 Å². The third-order valence-corrected chi connectivity index (χ3v) is 6.51. The maximum Gasteiger partial charge on any atom is 0.191 e. The molecule has 2 unspecified atom stereocenters. The zero-order valence-corrected chi connectivity index (χ0v) is 20.3. The highest BCUT2D eigenvalue weighted by molar-refractivity contribution is 14.0. The molecule has 0 aromatic carbocycles. The molecule has 1 aliphatic heterocycles. The maximum absolute atomic E-state index is 10.5. The second-order valence-electron chi connectivity index (χ2n) is 7.35. The predicted molar refractivity (Wildman–Crippen MR) is 127 cm³/mol. The number of piperidine rings is 1. The summed E-state index contributed by atoms with van der Waals surface area (Å²) >= 11 is 1.85. The van der Waals surface area contributed by atoms with E-state index < -0.39 is 5.60 Å². The van der Waals surface area contributed by atoms with Crippen molar-refractivity contribution < 1.29 is 5.11 Å². The summed E-state index contributed by atoms with van der Waals surface area (Å²) in [5.41, 5.74) is -0.701. The molecule has 2 rings (SSSR count). The number of hydrogen-bond acceptors (Lipinski definition) is 4. The smallest absolute Gasteiger partial charge is 0.191 e. The average Bonchev–Trinajstić information content (AvgIpc) is 3.18. The van der Waals surface area contributed by atoms with Gasteiger partial charge in [0.2, 0.25) is 0 Å². The van der Waals surface area contributed by atoms with Crippen molar-refractivity contribution >= 4 is 41.3 Å². The van der Waals surface area contributed by atoms with E-state index in [-0.39, 0.29) is 24.0 Å². The molecule has 156 valence electrons. The van der Waals surface area contributed by atoms with Gasteiger partial charge in [0.25, 0.3) is 0 Å². The highest BCUT2D eigenvalue weighted by Gasteiger charge is 2.31. The lowest BCUT2D eigenvalue weighted by molar-refractivity contribution is 0.0417. The van der Waals surface area contributed by atoms with Crippen LogP contribution in [-0.2, 0) is 0 Å². The Kier molecular flexibility index (Phi) is 11.2. The third kappa shape index (κ3) is 7.18. The first kappa shape index (κ1) is 24.7. The van der Waals surface area contributed by atoms with E-state index in [4.69, 9.17) is 0 Å². The minimum atomic E-state index is -0.701. The first-order chi connectivity index (χ1) is 12.5. The third-order valence-electron chi connectivity index (χ3n) is 5.57. The van der Waals surface area contributed by atoms with E-state index in [0.29, 0.717) is 18.5 Å². The van der Waals surface area contributed by atoms with E-state index in [9.17, 15) is 5.11 Å². The highest BCUT2D eigenvalue weighted by Crippen LogP contribution is 2.36. The van der Waals surface area contributed by atoms with Crippen molar-refractivity contribution in [2.45, 2.75) is 58.1 Å². The summed E-state index contributed by atoms with van der Waals surface area (Å²) in [5.74, 6) is 1.37. The Balaban J connectivity index is 0.00000364. The number of rotatable bonds is 8. The fraction of sp³-hybridized carbons (Fsp3) is 0.750. The Hall–Kier alpha value is -0.380. The number of nitrogens with one attached hydrogen (secondary N) is 2. The van der Waals surface area contributed by atoms with Crippen molar-refractivity contribution in [2.24, 2.45) is 10.9 Å². The molecule has 3 N–H and O–H groups in total. The predicted octanol–water partition coefficient (Wildman–Crippen LogP) is 3.86. The van der Waals surface area contributed by atoms with E-state index >= 15 is 0 Å². The lowest BCUT2D eigenvalue weighted by Crippen LogP contribution is -2.45. The summed E-state index contributed by atoms with van der Waals surface area (Å²) < 4.78 is 0. The molecule has 1 saturated heterocycles. The van der Waals surface area contributed by atoms with Crippen LogP contribution in [0.15, 0.2) is 22.5 Å². The Morgan fingerprint density at radius 2 is 2.07 bits per heavy atom. The molecule has 0 spiro atoms. The Morgan fingerprint density at radius 3 is 2.67 bits per heavy atom. The van der Waals surface area contributed by atoms with Gasteiger partial charge in [0, 0.05) is 24.0 Å². The van der Waals surface area contributed by atoms with E-state index in [1.807, 2.05) is 25.2 Å². The van der Waals surface area contributed by atoms with Gasteiger partial charge in [-0.3, -0.25) is 9.89 Å². The van der Waals surface area contributed by atoms with E-state index in [1.165, 1.54) is 17.7 Å². The van der Waals surface area contributed by atoms with Crippen LogP contribution in [0.2, 0.25) is 0 Å². The van der Waals surface area contributed by atoms with Crippen LogP contribution in [0.5, 0.6) is 0 Å². The van der Waals surface area contributed by atoms with E-state index in [2.05, 4.69) is 52.0 Å². The van der Waals surface area contributed by atoms with Crippen molar-refractivity contribution in [1.29, 1.82) is 0 Å². The molecule has 0 radical (unpaired) electrons. The molecule has 0 aliphatic carbocycles. The fourth-order valence-corrected chi connectivity index (χ4v) is 4.64. The van der Waals surface area contributed by atoms with Gasteiger partial charge in [-0.1, -0.05) is 19.9 Å². The first-order valence-electron chi connectivity index (χ1n) is 10.0. The Labute approximate surface area is 186 Å². The van der Waals surface area contributed by atoms with Gasteiger partial charge in [0.05, 0.1) is 12.1 Å². The summed E-state index contributed by atoms with van der Waals surface area (Å²) in [6.45, 7) is 9.43. The molecule has 1 aromatic heterocycles. The summed E-state index contributed by atoms with van der Waals surface area (Å²) in [5, 5.41) is 19.5. The van der Waals surface area contributed by atoms with Gasteiger partial charge in [0.15, 0.2) is 5.96 Å². The van der Waals surface area contributed by atoms with E-state index in [0.717, 1.165) is 38.4 Å². The van der Waals surface area contributed by atoms with Crippen LogP contribution in [0.4, 0.5) is 0 Å². The Bertz CT molecular complexity index is 548. The number of thiophene rings is 1. The second kappa shape index (κ2) is 12.2. The fourth-order valence-electron chi connectivity index (χ4n) is 3.65. The number of hydrogen-bond donors (Lipinski definition) is 3. The first-order valence-corrected chi connectivity index (χ1v) is 10.9. The van der Waals surface area contributed by atoms with Gasteiger partial charge in [-0.2, -0.15) is 0 Å². The van der Waals surface area contributed by atoms with Crippen LogP contribution in [0.1, 0.15) is 57.4 Å². The van der Waals surface area contributed by atoms with Crippen molar-refractivity contribution in [2.75, 3.05) is 33.2 Å². The largest absolute Gasteiger partial charge is 0.388 e. The van der Waals surface area contributed by atoms with Gasteiger partial charge in [-0.15, -0.1) is 35.3 Å². The van der Waals surface area contributed by atoms with Crippen LogP contribution in [-0.4, -0.2) is 54.8 Å². The van der Waals surface area contributed by atoms with Crippen LogP contribution in [0.3, 0.4) is 0 Å². The molecule has 0 saturated carbocycles. The molecule has 0 amide bonds. The molecule has 1 aliphatic rings. The summed E-state index contributed by atoms with van der Waals surface area (Å²) in [7, 11) is 2.23. The molecule has 5 nitrogen and oxygen atoms in total. The maximum atomic E-state index is 10.5. The average molecular weight is 509 g/mol. The quantitative estimate of drug-likeness (QED) is 0.284. The molecular formula is C20H37IN4OS. The normalized spacial score (nSPS) is 21.6. The van der Waals surface area contributed by atoms with Gasteiger partial charge >= 0.3 is 0 Å². The SMILES string of the molecule is CCNC(=NCC(O)(CC)CC)NCC1CCCN(C)C1c1cccs1.I. The standard InChI is InChI=1S/C20H36N4OS.HI/c1-5-20(25,6-2)15-23-19(21-7-3)22-14-16-10-8-12-24(4)18(16)17-11-9-13-26-17;/h9,11,13,16,18,25H,5-8,10,12,14-15H2,1-4H3,(H2,21,22,23);1H. The zero-order valence-electron chi connectivity index (χ0n) is 17.2. The lowest BCUT2D eigenvalue weighted by Gasteiger charge is -2.39. The number of aliphatic hydroxyl groups is 1. The lowest BCUT2D eigenvalue weighted by atomic mass is 9.88. The highest BCUT2D eigenvalue weighted by atomic mass is 127. The van der Waals surface area contributed by atoms with Crippen LogP contribution in [0.25, 0.3) is 0 Å². The van der Waals surface area contributed by atoms with Gasteiger partial charge < -0.3 is 15.7 Å². The van der Waals surface area contributed by atoms with Gasteiger partial charge in [-0.25, -0.2) is 0 Å². The number of halogens is 1. The van der Waals surface area contributed by atoms with Gasteiger partial charge in [-0.05, 0) is 63.6 Å². The minimum Gasteiger partial charge on any atom is -0.388 e. The number of aliphatic imine (C=N–C) groups is 1. The van der Waals surface area contributed by atoms with Crippen LogP contribution in [0, 0.1) is 5.92 Å². The zero-order chi connectivity index (χ0) is 19.0. The molecule has 2 heterocycles. The van der Waals surface area contributed by atoms with E-state index in [1.54, 1.807) is 0 Å². The molecule has 1 fully saturated rings. The molecule has 2 atom stereocenters. The molecule has 7 heteroatoms. The molecule has 0 bridgehead atoms. The second-order valence-corrected chi connectivity index (χ2v) is 8.33. The Morgan fingerprint density at radius 1 is 1.33 bits per heavy atom. The molecule has 1 aromatic rings. The minimum absolute atomic E-state index is 0. The van der Waals surface area contributed by atoms with Gasteiger partial charge in [0.1, 0.15) is 0 Å². The van der Waals surface area contributed by atoms with Crippen LogP contribution < -0.4 is 10.6 Å². The summed E-state index contributed by atoms with van der Waals surface area (Å²) in [6, 6.07) is 4.88. The topological polar surface area (TPSA) is 59.9 Å². The summed E-state index contributed by atoms with van der Waals surface area (Å²) in [4.78, 5) is 8.59. The molecular weight excluding hydrogens is 471 g/mol. The van der Waals surface area contributed by atoms with Crippen molar-refractivity contribution in [1.82, 2.24) is 15.5 Å². The monoisotopic (exact) mass is 508 g/mol. The van der Waals surface area contributed by atoms with Crippen LogP contribution >= 0.6 is 35.3 Å². The molecule has 27 heavy (non-hydrogen) atoms. The van der Waals surface area contributed by atoms with Crippen molar-refractivity contribution in [3.8, 4) is 0 Å². The van der Waals surface area contributed by atoms with Crippen molar-refractivity contribution in [3.05, 3.63) is 22.4 Å². The number of guanidine groups is 1. The summed E-state index contributed by atoms with van der Waals surface area (Å²) in [6.07, 6.45) is 3.91.